The molecule has 3 heteroatoms. The summed E-state index contributed by atoms with van der Waals surface area (Å²) in [6.45, 7) is 1.99. The molecule has 0 N–H and O–H groups in total. The number of allylic oxidation sites excluding steroid dienone is 2. The van der Waals surface area contributed by atoms with Gasteiger partial charge in [-0.2, -0.15) is 5.26 Å². The normalized spacial score (nSPS) is 10.8. The molecule has 0 aliphatic heterocycles. The van der Waals surface area contributed by atoms with E-state index in [0.717, 1.165) is 17.7 Å². The van der Waals surface area contributed by atoms with Crippen LogP contribution < -0.4 is 9.47 Å². The Labute approximate surface area is 95.9 Å². The zero-order valence-corrected chi connectivity index (χ0v) is 9.78. The molecule has 0 aliphatic rings. The fourth-order valence-electron chi connectivity index (χ4n) is 1.44. The lowest BCUT2D eigenvalue weighted by atomic mass is 10.0. The average Bonchev–Trinajstić information content (AvgIpc) is 2.35. The van der Waals surface area contributed by atoms with Gasteiger partial charge in [0.1, 0.15) is 11.5 Å². The Morgan fingerprint density at radius 1 is 1.38 bits per heavy atom. The van der Waals surface area contributed by atoms with Gasteiger partial charge in [-0.25, -0.2) is 0 Å². The van der Waals surface area contributed by atoms with Crippen molar-refractivity contribution in [2.75, 3.05) is 14.2 Å². The molecule has 3 nitrogen and oxygen atoms in total. The molecular weight excluding hydrogens is 202 g/mol. The first-order chi connectivity index (χ1) is 7.76. The summed E-state index contributed by atoms with van der Waals surface area (Å²) in [6.07, 6.45) is 2.70. The third-order valence-electron chi connectivity index (χ3n) is 2.23. The van der Waals surface area contributed by atoms with Crippen molar-refractivity contribution < 1.29 is 9.47 Å². The van der Waals surface area contributed by atoms with Gasteiger partial charge in [-0.3, -0.25) is 0 Å². The zero-order chi connectivity index (χ0) is 12.0. The summed E-state index contributed by atoms with van der Waals surface area (Å²) in [6, 6.07) is 7.60. The van der Waals surface area contributed by atoms with Crippen molar-refractivity contribution in [3.8, 4) is 17.6 Å². The molecule has 0 radical (unpaired) electrons. The Balaban J connectivity index is 3.23. The van der Waals surface area contributed by atoms with Gasteiger partial charge in [0, 0.05) is 11.6 Å². The minimum absolute atomic E-state index is 0.627. The molecule has 0 atom stereocenters. The van der Waals surface area contributed by atoms with Crippen LogP contribution in [0.4, 0.5) is 0 Å². The van der Waals surface area contributed by atoms with Crippen LogP contribution in [-0.2, 0) is 0 Å². The van der Waals surface area contributed by atoms with E-state index in [-0.39, 0.29) is 0 Å². The van der Waals surface area contributed by atoms with Gasteiger partial charge in [0.15, 0.2) is 0 Å². The average molecular weight is 217 g/mol. The van der Waals surface area contributed by atoms with Gasteiger partial charge in [0.2, 0.25) is 0 Å². The van der Waals surface area contributed by atoms with Crippen molar-refractivity contribution in [1.29, 1.82) is 5.26 Å². The Hall–Kier alpha value is -1.95. The number of nitriles is 1. The third kappa shape index (κ3) is 2.54. The molecule has 16 heavy (non-hydrogen) atoms. The highest BCUT2D eigenvalue weighted by atomic mass is 16.5. The molecule has 1 aromatic carbocycles. The largest absolute Gasteiger partial charge is 0.497 e. The predicted octanol–water partition coefficient (Wildman–Crippen LogP) is 3.02. The van der Waals surface area contributed by atoms with E-state index in [1.807, 2.05) is 25.1 Å². The second-order valence-electron chi connectivity index (χ2n) is 3.20. The van der Waals surface area contributed by atoms with Crippen molar-refractivity contribution in [1.82, 2.24) is 0 Å². The number of rotatable bonds is 4. The van der Waals surface area contributed by atoms with Gasteiger partial charge in [-0.05, 0) is 18.6 Å². The van der Waals surface area contributed by atoms with Crippen LogP contribution in [0, 0.1) is 11.3 Å². The van der Waals surface area contributed by atoms with Crippen molar-refractivity contribution in [3.05, 3.63) is 29.8 Å². The standard InChI is InChI=1S/C13H15NO2/c1-4-5-10(9-14)12-7-6-11(15-2)8-13(12)16-3/h5-8H,4H2,1-3H3/b10-5+. The van der Waals surface area contributed by atoms with Crippen molar-refractivity contribution in [3.63, 3.8) is 0 Å². The summed E-state index contributed by atoms with van der Waals surface area (Å²) in [5, 5.41) is 9.05. The molecule has 0 amide bonds. The first-order valence-electron chi connectivity index (χ1n) is 5.09. The van der Waals surface area contributed by atoms with Crippen LogP contribution in [0.25, 0.3) is 5.57 Å². The van der Waals surface area contributed by atoms with E-state index in [1.54, 1.807) is 20.3 Å². The third-order valence-corrected chi connectivity index (χ3v) is 2.23. The van der Waals surface area contributed by atoms with E-state index in [0.29, 0.717) is 11.3 Å². The number of benzene rings is 1. The fraction of sp³-hybridized carbons (Fsp3) is 0.308. The van der Waals surface area contributed by atoms with Gasteiger partial charge in [0.25, 0.3) is 0 Å². The Bertz CT molecular complexity index is 430. The van der Waals surface area contributed by atoms with Gasteiger partial charge in [-0.1, -0.05) is 13.0 Å². The second-order valence-corrected chi connectivity index (χ2v) is 3.20. The lowest BCUT2D eigenvalue weighted by Gasteiger charge is -2.09. The molecule has 0 aromatic heterocycles. The van der Waals surface area contributed by atoms with Gasteiger partial charge in [-0.15, -0.1) is 0 Å². The van der Waals surface area contributed by atoms with Crippen molar-refractivity contribution in [2.24, 2.45) is 0 Å². The number of methoxy groups -OCH3 is 2. The van der Waals surface area contributed by atoms with Crippen LogP contribution >= 0.6 is 0 Å². The molecular formula is C13H15NO2. The second kappa shape index (κ2) is 5.82. The monoisotopic (exact) mass is 217 g/mol. The fourth-order valence-corrected chi connectivity index (χ4v) is 1.44. The van der Waals surface area contributed by atoms with Crippen LogP contribution in [-0.4, -0.2) is 14.2 Å². The SMILES string of the molecule is CC/C=C(\C#N)c1ccc(OC)cc1OC. The predicted molar refractivity (Wildman–Crippen MR) is 63.4 cm³/mol. The van der Waals surface area contributed by atoms with Crippen molar-refractivity contribution in [2.45, 2.75) is 13.3 Å². The maximum absolute atomic E-state index is 9.05. The summed E-state index contributed by atoms with van der Waals surface area (Å²) < 4.78 is 10.3. The highest BCUT2D eigenvalue weighted by Crippen LogP contribution is 2.29. The molecule has 0 aliphatic carbocycles. The summed E-state index contributed by atoms with van der Waals surface area (Å²) >= 11 is 0. The molecule has 0 saturated heterocycles. The first kappa shape index (κ1) is 12.1. The maximum Gasteiger partial charge on any atom is 0.131 e. The van der Waals surface area contributed by atoms with Crippen LogP contribution in [0.15, 0.2) is 24.3 Å². The summed E-state index contributed by atoms with van der Waals surface area (Å²) in [5.41, 5.74) is 1.43. The smallest absolute Gasteiger partial charge is 0.131 e. The van der Waals surface area contributed by atoms with E-state index < -0.39 is 0 Å². The van der Waals surface area contributed by atoms with Gasteiger partial charge in [0.05, 0.1) is 25.9 Å². The molecule has 1 rings (SSSR count). The van der Waals surface area contributed by atoms with Crippen LogP contribution in [0.1, 0.15) is 18.9 Å². The molecule has 0 saturated carbocycles. The van der Waals surface area contributed by atoms with E-state index in [2.05, 4.69) is 6.07 Å². The molecule has 0 spiro atoms. The molecule has 0 fully saturated rings. The van der Waals surface area contributed by atoms with Crippen LogP contribution in [0.5, 0.6) is 11.5 Å². The zero-order valence-electron chi connectivity index (χ0n) is 9.78. The Morgan fingerprint density at radius 2 is 2.12 bits per heavy atom. The molecule has 0 unspecified atom stereocenters. The van der Waals surface area contributed by atoms with E-state index in [9.17, 15) is 0 Å². The number of nitrogens with zero attached hydrogens (tertiary/aromatic N) is 1. The van der Waals surface area contributed by atoms with Gasteiger partial charge >= 0.3 is 0 Å². The van der Waals surface area contributed by atoms with Crippen LogP contribution in [0.3, 0.4) is 0 Å². The Kier molecular flexibility index (Phi) is 4.41. The van der Waals surface area contributed by atoms with E-state index in [1.165, 1.54) is 0 Å². The highest BCUT2D eigenvalue weighted by Gasteiger charge is 2.08. The molecule has 0 bridgehead atoms. The van der Waals surface area contributed by atoms with Crippen LogP contribution in [0.2, 0.25) is 0 Å². The molecule has 84 valence electrons. The van der Waals surface area contributed by atoms with E-state index in [4.69, 9.17) is 14.7 Å². The first-order valence-corrected chi connectivity index (χ1v) is 5.09. The van der Waals surface area contributed by atoms with Gasteiger partial charge < -0.3 is 9.47 Å². The lowest BCUT2D eigenvalue weighted by Crippen LogP contribution is -1.92. The topological polar surface area (TPSA) is 42.2 Å². The van der Waals surface area contributed by atoms with E-state index >= 15 is 0 Å². The molecule has 0 heterocycles. The lowest BCUT2D eigenvalue weighted by molar-refractivity contribution is 0.393. The quantitative estimate of drug-likeness (QED) is 0.728. The maximum atomic E-state index is 9.05. The number of hydrogen-bond donors (Lipinski definition) is 0. The summed E-state index contributed by atoms with van der Waals surface area (Å²) in [7, 11) is 3.18. The number of hydrogen-bond acceptors (Lipinski definition) is 3. The molecule has 1 aromatic rings. The minimum Gasteiger partial charge on any atom is -0.497 e. The highest BCUT2D eigenvalue weighted by molar-refractivity contribution is 5.80. The summed E-state index contributed by atoms with van der Waals surface area (Å²) in [4.78, 5) is 0. The number of ether oxygens (including phenoxy) is 2. The Morgan fingerprint density at radius 3 is 2.62 bits per heavy atom. The summed E-state index contributed by atoms with van der Waals surface area (Å²) in [5.74, 6) is 1.37. The minimum atomic E-state index is 0.627. The van der Waals surface area contributed by atoms with Crippen molar-refractivity contribution >= 4 is 5.57 Å².